The molecule has 30 heavy (non-hydrogen) atoms. The normalized spacial score (nSPS) is 16.3. The van der Waals surface area contributed by atoms with Gasteiger partial charge in [-0.2, -0.15) is 0 Å². The molecule has 3 aromatic rings. The zero-order chi connectivity index (χ0) is 21.1. The van der Waals surface area contributed by atoms with Gasteiger partial charge in [0.05, 0.1) is 5.56 Å². The van der Waals surface area contributed by atoms with E-state index in [-0.39, 0.29) is 6.04 Å². The monoisotopic (exact) mass is 400 g/mol. The van der Waals surface area contributed by atoms with Crippen LogP contribution in [0, 0.1) is 0 Å². The number of nitrogens with zero attached hydrogens (tertiary/aromatic N) is 2. The van der Waals surface area contributed by atoms with Crippen molar-refractivity contribution in [2.75, 3.05) is 13.6 Å². The Balaban J connectivity index is 1.61. The molecule has 1 aliphatic heterocycles. The van der Waals surface area contributed by atoms with Gasteiger partial charge in [0.2, 0.25) is 0 Å². The zero-order valence-electron chi connectivity index (χ0n) is 17.6. The Bertz CT molecular complexity index is 1060. The topological polar surface area (TPSA) is 53.4 Å². The van der Waals surface area contributed by atoms with Crippen molar-refractivity contribution < 1.29 is 9.90 Å². The van der Waals surface area contributed by atoms with Crippen LogP contribution >= 0.6 is 0 Å². The minimum absolute atomic E-state index is 0.283. The van der Waals surface area contributed by atoms with Crippen LogP contribution in [0.3, 0.4) is 0 Å². The van der Waals surface area contributed by atoms with Crippen molar-refractivity contribution in [1.29, 1.82) is 0 Å². The molecular weight excluding hydrogens is 372 g/mol. The fourth-order valence-electron chi connectivity index (χ4n) is 4.62. The Hall–Kier alpha value is -2.98. The number of carboxylic acids is 1. The van der Waals surface area contributed by atoms with Crippen molar-refractivity contribution in [2.45, 2.75) is 38.6 Å². The first-order valence-corrected chi connectivity index (χ1v) is 10.7. The molecule has 0 saturated carbocycles. The van der Waals surface area contributed by atoms with E-state index in [1.807, 2.05) is 0 Å². The van der Waals surface area contributed by atoms with Crippen LogP contribution < -0.4 is 0 Å². The predicted molar refractivity (Wildman–Crippen MR) is 120 cm³/mol. The smallest absolute Gasteiger partial charge is 0.336 e. The third-order valence-electron chi connectivity index (χ3n) is 6.30. The summed E-state index contributed by atoms with van der Waals surface area (Å²) in [6.45, 7) is 3.21. The number of aryl methyl sites for hydroxylation is 2. The number of likely N-dealkylation sites (N-methyl/N-ethyl adjacent to an activating group) is 1. The molecule has 0 fully saturated rings. The Morgan fingerprint density at radius 2 is 2.00 bits per heavy atom. The third kappa shape index (κ3) is 4.01. The van der Waals surface area contributed by atoms with Crippen LogP contribution in [0.4, 0.5) is 0 Å². The first kappa shape index (κ1) is 20.3. The molecule has 1 aliphatic rings. The summed E-state index contributed by atoms with van der Waals surface area (Å²) < 4.78 is 0. The van der Waals surface area contributed by atoms with E-state index < -0.39 is 5.97 Å². The van der Waals surface area contributed by atoms with Crippen molar-refractivity contribution in [1.82, 2.24) is 9.88 Å². The fourth-order valence-corrected chi connectivity index (χ4v) is 4.62. The molecule has 0 bridgehead atoms. The van der Waals surface area contributed by atoms with Crippen LogP contribution in [-0.4, -0.2) is 34.6 Å². The predicted octanol–water partition coefficient (Wildman–Crippen LogP) is 5.17. The van der Waals surface area contributed by atoms with Crippen LogP contribution in [0.1, 0.15) is 52.0 Å². The van der Waals surface area contributed by atoms with Gasteiger partial charge in [-0.15, -0.1) is 0 Å². The zero-order valence-corrected chi connectivity index (χ0v) is 17.6. The molecule has 0 unspecified atom stereocenters. The minimum Gasteiger partial charge on any atom is -0.478 e. The molecule has 4 rings (SSSR count). The largest absolute Gasteiger partial charge is 0.478 e. The van der Waals surface area contributed by atoms with E-state index >= 15 is 0 Å². The lowest BCUT2D eigenvalue weighted by molar-refractivity contribution is 0.0695. The van der Waals surface area contributed by atoms with Crippen LogP contribution in [0.25, 0.3) is 11.1 Å². The van der Waals surface area contributed by atoms with Crippen molar-refractivity contribution in [3.05, 3.63) is 88.7 Å². The number of hydrogen-bond acceptors (Lipinski definition) is 3. The first-order valence-electron chi connectivity index (χ1n) is 10.7. The minimum atomic E-state index is -0.885. The van der Waals surface area contributed by atoms with Crippen LogP contribution in [0.15, 0.2) is 60.9 Å². The number of hydrogen-bond donors (Lipinski definition) is 1. The van der Waals surface area contributed by atoms with Crippen molar-refractivity contribution in [3.63, 3.8) is 0 Å². The highest BCUT2D eigenvalue weighted by Crippen LogP contribution is 2.35. The Labute approximate surface area is 178 Å². The number of carbonyl (C=O) groups is 1. The van der Waals surface area contributed by atoms with E-state index in [4.69, 9.17) is 0 Å². The van der Waals surface area contributed by atoms with Gasteiger partial charge >= 0.3 is 5.97 Å². The second-order valence-electron chi connectivity index (χ2n) is 8.05. The molecule has 0 radical (unpaired) electrons. The molecule has 0 aliphatic carbocycles. The quantitative estimate of drug-likeness (QED) is 0.620. The lowest BCUT2D eigenvalue weighted by atomic mass is 9.86. The standard InChI is InChI=1S/C26H28N2O2/c1-3-18-6-4-5-7-22(18)19-8-10-23-20(16-19)13-15-28(2)25(23)11-9-21-17-27-14-12-24(21)26(29)30/h4-8,10,12,14,16-17,25H,3,9,11,13,15H2,1-2H3,(H,29,30)/t25-/m0/s1. The molecule has 1 aromatic heterocycles. The summed E-state index contributed by atoms with van der Waals surface area (Å²) in [6, 6.07) is 17.4. The number of fused-ring (bicyclic) bond motifs is 1. The van der Waals surface area contributed by atoms with Gasteiger partial charge in [-0.25, -0.2) is 4.79 Å². The van der Waals surface area contributed by atoms with Crippen molar-refractivity contribution in [3.8, 4) is 11.1 Å². The molecule has 2 heterocycles. The van der Waals surface area contributed by atoms with Gasteiger partial charge in [-0.3, -0.25) is 9.88 Å². The molecule has 2 aromatic carbocycles. The fraction of sp³-hybridized carbons (Fsp3) is 0.308. The second-order valence-corrected chi connectivity index (χ2v) is 8.05. The molecule has 4 heteroatoms. The number of pyridine rings is 1. The van der Waals surface area contributed by atoms with E-state index in [1.165, 1.54) is 27.8 Å². The van der Waals surface area contributed by atoms with Crippen molar-refractivity contribution >= 4 is 5.97 Å². The number of aromatic nitrogens is 1. The highest BCUT2D eigenvalue weighted by Gasteiger charge is 2.25. The average molecular weight is 401 g/mol. The lowest BCUT2D eigenvalue weighted by Crippen LogP contribution is -2.32. The summed E-state index contributed by atoms with van der Waals surface area (Å²) in [5.41, 5.74) is 7.91. The Morgan fingerprint density at radius 3 is 2.80 bits per heavy atom. The van der Waals surface area contributed by atoms with Gasteiger partial charge in [-0.05, 0) is 72.2 Å². The van der Waals surface area contributed by atoms with E-state index in [0.717, 1.165) is 31.4 Å². The van der Waals surface area contributed by atoms with E-state index in [2.05, 4.69) is 66.3 Å². The van der Waals surface area contributed by atoms with Gasteiger partial charge in [0.25, 0.3) is 0 Å². The first-order chi connectivity index (χ1) is 14.6. The summed E-state index contributed by atoms with van der Waals surface area (Å²) >= 11 is 0. The highest BCUT2D eigenvalue weighted by molar-refractivity contribution is 5.89. The number of benzene rings is 2. The average Bonchev–Trinajstić information content (AvgIpc) is 2.78. The maximum absolute atomic E-state index is 11.5. The second kappa shape index (κ2) is 8.80. The Kier molecular flexibility index (Phi) is 5.96. The van der Waals surface area contributed by atoms with Gasteiger partial charge in [0.1, 0.15) is 0 Å². The number of aromatic carboxylic acids is 1. The SMILES string of the molecule is CCc1ccccc1-c1ccc2c(c1)CCN(C)[C@H]2CCc1cnccc1C(=O)O. The molecule has 1 atom stereocenters. The van der Waals surface area contributed by atoms with Crippen LogP contribution in [0.5, 0.6) is 0 Å². The number of rotatable bonds is 6. The van der Waals surface area contributed by atoms with E-state index in [1.54, 1.807) is 18.5 Å². The summed E-state index contributed by atoms with van der Waals surface area (Å²) in [7, 11) is 2.16. The molecule has 0 amide bonds. The molecule has 1 N–H and O–H groups in total. The van der Waals surface area contributed by atoms with Crippen molar-refractivity contribution in [2.24, 2.45) is 0 Å². The highest BCUT2D eigenvalue weighted by atomic mass is 16.4. The summed E-state index contributed by atoms with van der Waals surface area (Å²) in [6.07, 6.45) is 6.88. The van der Waals surface area contributed by atoms with Crippen LogP contribution in [-0.2, 0) is 19.3 Å². The van der Waals surface area contributed by atoms with Gasteiger partial charge in [-0.1, -0.05) is 49.4 Å². The van der Waals surface area contributed by atoms with Gasteiger partial charge < -0.3 is 5.11 Å². The molecule has 0 spiro atoms. The van der Waals surface area contributed by atoms with Gasteiger partial charge in [0.15, 0.2) is 0 Å². The maximum atomic E-state index is 11.5. The van der Waals surface area contributed by atoms with E-state index in [0.29, 0.717) is 12.0 Å². The third-order valence-corrected chi connectivity index (χ3v) is 6.30. The molecule has 154 valence electrons. The Morgan fingerprint density at radius 1 is 1.17 bits per heavy atom. The summed E-state index contributed by atoms with van der Waals surface area (Å²) in [5, 5.41) is 9.46. The summed E-state index contributed by atoms with van der Waals surface area (Å²) in [4.78, 5) is 18.0. The maximum Gasteiger partial charge on any atom is 0.336 e. The molecule has 4 nitrogen and oxygen atoms in total. The molecular formula is C26H28N2O2. The van der Waals surface area contributed by atoms with E-state index in [9.17, 15) is 9.90 Å². The molecule has 0 saturated heterocycles. The lowest BCUT2D eigenvalue weighted by Gasteiger charge is -2.35. The van der Waals surface area contributed by atoms with Gasteiger partial charge in [0, 0.05) is 25.0 Å². The summed E-state index contributed by atoms with van der Waals surface area (Å²) in [5.74, 6) is -0.885. The van der Waals surface area contributed by atoms with Crippen LogP contribution in [0.2, 0.25) is 0 Å². The number of carboxylic acid groups (broad SMARTS) is 1.